The van der Waals surface area contributed by atoms with Gasteiger partial charge in [0.2, 0.25) is 5.36 Å². The third-order valence-electron chi connectivity index (χ3n) is 6.95. The summed E-state index contributed by atoms with van der Waals surface area (Å²) in [5.41, 5.74) is 8.84. The van der Waals surface area contributed by atoms with E-state index in [-0.39, 0.29) is 21.2 Å². The third kappa shape index (κ3) is 6.62. The average molecular weight is 674 g/mol. The molecule has 5 N–H and O–H groups in total. The summed E-state index contributed by atoms with van der Waals surface area (Å²) in [5.74, 6) is 0.583. The molecule has 0 radical (unpaired) electrons. The fourth-order valence-corrected chi connectivity index (χ4v) is 7.06. The zero-order valence-electron chi connectivity index (χ0n) is 24.4. The van der Waals surface area contributed by atoms with Gasteiger partial charge in [0.05, 0.1) is 34.4 Å². The van der Waals surface area contributed by atoms with Crippen molar-refractivity contribution in [1.82, 2.24) is 4.58 Å². The second-order valence-electron chi connectivity index (χ2n) is 10.3. The predicted molar refractivity (Wildman–Crippen MR) is 172 cm³/mol. The molecule has 0 saturated carbocycles. The Morgan fingerprint density at radius 1 is 0.933 bits per heavy atom. The van der Waals surface area contributed by atoms with Crippen molar-refractivity contribution in [2.75, 3.05) is 43.5 Å². The first-order valence-corrected chi connectivity index (χ1v) is 16.7. The lowest BCUT2D eigenvalue weighted by atomic mass is 9.93. The number of sulfonamides is 1. The van der Waals surface area contributed by atoms with E-state index in [0.717, 1.165) is 45.8 Å². The number of hydrogen-bond donors (Lipinski definition) is 4. The van der Waals surface area contributed by atoms with Gasteiger partial charge in [-0.05, 0) is 54.1 Å². The van der Waals surface area contributed by atoms with Gasteiger partial charge in [-0.3, -0.25) is 9.27 Å². The predicted octanol–water partition coefficient (Wildman–Crippen LogP) is 4.36. The number of nitrogens with one attached hydrogen (secondary N) is 1. The van der Waals surface area contributed by atoms with E-state index in [9.17, 15) is 21.4 Å². The molecule has 0 bridgehead atoms. The molecule has 0 spiro atoms. The Morgan fingerprint density at radius 3 is 2.31 bits per heavy atom. The lowest BCUT2D eigenvalue weighted by molar-refractivity contribution is -0.432. The quantitative estimate of drug-likeness (QED) is 0.0330. The Morgan fingerprint density at radius 2 is 1.67 bits per heavy atom. The summed E-state index contributed by atoms with van der Waals surface area (Å²) in [4.78, 5) is 1.47. The lowest BCUT2D eigenvalue weighted by Gasteiger charge is -2.19. The SMILES string of the molecule is CN(C)c1ccc2c(-c3ccc(S(=O)(=O)Nc4ccc(S(=O)(=O)O)c(N)c4)cc3SOOO)c3ccc(=[N+](C)C)cc-3oc2c1. The van der Waals surface area contributed by atoms with E-state index >= 15 is 0 Å². The van der Waals surface area contributed by atoms with Crippen molar-refractivity contribution >= 4 is 60.2 Å². The molecule has 3 aromatic rings. The van der Waals surface area contributed by atoms with Gasteiger partial charge in [0.1, 0.15) is 30.3 Å². The molecule has 0 atom stereocenters. The number of hydrogen-bond acceptors (Lipinski definition) is 11. The number of anilines is 3. The van der Waals surface area contributed by atoms with Gasteiger partial charge in [-0.1, -0.05) is 11.1 Å². The van der Waals surface area contributed by atoms with Crippen LogP contribution in [0.15, 0.2) is 91.9 Å². The summed E-state index contributed by atoms with van der Waals surface area (Å²) < 4.78 is 74.6. The molecule has 1 aliphatic carbocycles. The topological polar surface area (TPSA) is 185 Å². The van der Waals surface area contributed by atoms with Gasteiger partial charge in [0.25, 0.3) is 20.1 Å². The summed E-state index contributed by atoms with van der Waals surface area (Å²) >= 11 is 0.593. The van der Waals surface area contributed by atoms with Gasteiger partial charge in [0, 0.05) is 53.3 Å². The van der Waals surface area contributed by atoms with Crippen LogP contribution >= 0.6 is 12.0 Å². The van der Waals surface area contributed by atoms with Crippen LogP contribution in [0.3, 0.4) is 0 Å². The van der Waals surface area contributed by atoms with Crippen LogP contribution in [0.2, 0.25) is 0 Å². The molecule has 0 aromatic heterocycles. The molecule has 0 fully saturated rings. The highest BCUT2D eigenvalue weighted by Crippen LogP contribution is 2.45. The molecule has 1 aliphatic heterocycles. The van der Waals surface area contributed by atoms with E-state index in [4.69, 9.17) is 19.7 Å². The molecule has 2 aliphatic rings. The Labute approximate surface area is 263 Å². The van der Waals surface area contributed by atoms with Crippen LogP contribution in [0.25, 0.3) is 33.4 Å². The summed E-state index contributed by atoms with van der Waals surface area (Å²) in [6, 6.07) is 19.0. The van der Waals surface area contributed by atoms with E-state index in [0.29, 0.717) is 28.9 Å². The first-order valence-electron chi connectivity index (χ1n) is 13.1. The Bertz CT molecular complexity index is 2200. The number of nitrogen functional groups attached to an aromatic ring is 1. The minimum absolute atomic E-state index is 0.0387. The fraction of sp³-hybridized carbons (Fsp3) is 0.138. The first-order chi connectivity index (χ1) is 21.2. The zero-order valence-corrected chi connectivity index (χ0v) is 26.8. The molecule has 16 heteroatoms. The average Bonchev–Trinajstić information content (AvgIpc) is 2.97. The first kappa shape index (κ1) is 32.2. The van der Waals surface area contributed by atoms with Gasteiger partial charge < -0.3 is 15.1 Å². The number of rotatable bonds is 9. The standard InChI is InChI=1S/C29H28N4O9S3/c1-32(2)18-6-9-21-25(14-18)40-26-15-19(33(3)4)7-10-22(26)29(21)23-11-8-20(16-27(23)43-42-41-34)44(35,36)31-17-5-12-28(24(30)13-17)45(37,38)39/h5-16,31H,30H2,1-4H3,(H-,34,37,38,39)/p+1. The van der Waals surface area contributed by atoms with E-state index in [1.165, 1.54) is 12.1 Å². The van der Waals surface area contributed by atoms with Crippen molar-refractivity contribution in [2.24, 2.45) is 0 Å². The van der Waals surface area contributed by atoms with Crippen LogP contribution in [0.5, 0.6) is 0 Å². The zero-order chi connectivity index (χ0) is 32.7. The fourth-order valence-electron chi connectivity index (χ4n) is 4.77. The highest BCUT2D eigenvalue weighted by atomic mass is 32.2. The maximum absolute atomic E-state index is 13.4. The molecule has 236 valence electrons. The van der Waals surface area contributed by atoms with Gasteiger partial charge in [-0.25, -0.2) is 18.3 Å². The number of nitrogens with two attached hydrogens (primary N) is 1. The van der Waals surface area contributed by atoms with Gasteiger partial charge in [-0.2, -0.15) is 8.42 Å². The van der Waals surface area contributed by atoms with E-state index < -0.39 is 25.0 Å². The minimum Gasteiger partial charge on any atom is -0.456 e. The van der Waals surface area contributed by atoms with E-state index in [1.54, 1.807) is 6.07 Å². The van der Waals surface area contributed by atoms with Crippen molar-refractivity contribution in [1.29, 1.82) is 0 Å². The maximum atomic E-state index is 13.4. The van der Waals surface area contributed by atoms with Crippen molar-refractivity contribution in [3.63, 3.8) is 0 Å². The van der Waals surface area contributed by atoms with Crippen LogP contribution in [0, 0.1) is 0 Å². The number of fused-ring (bicyclic) bond motifs is 2. The summed E-state index contributed by atoms with van der Waals surface area (Å²) in [6.45, 7) is 0. The Hall–Kier alpha value is -4.16. The van der Waals surface area contributed by atoms with E-state index in [2.05, 4.69) is 9.76 Å². The molecule has 3 aromatic carbocycles. The van der Waals surface area contributed by atoms with Crippen molar-refractivity contribution in [3.05, 3.63) is 78.2 Å². The Kier molecular flexibility index (Phi) is 8.83. The summed E-state index contributed by atoms with van der Waals surface area (Å²) in [6.07, 6.45) is 0. The highest BCUT2D eigenvalue weighted by Gasteiger charge is 2.24. The monoisotopic (exact) mass is 673 g/mol. The molecule has 0 saturated heterocycles. The normalized spacial score (nSPS) is 12.0. The second kappa shape index (κ2) is 12.3. The minimum atomic E-state index is -4.60. The van der Waals surface area contributed by atoms with Crippen LogP contribution in [0.4, 0.5) is 17.1 Å². The Balaban J connectivity index is 1.69. The maximum Gasteiger partial charge on any atom is 0.296 e. The molecular weight excluding hydrogens is 645 g/mol. The van der Waals surface area contributed by atoms with Crippen molar-refractivity contribution < 1.29 is 40.4 Å². The van der Waals surface area contributed by atoms with Crippen molar-refractivity contribution in [2.45, 2.75) is 14.7 Å². The second-order valence-corrected chi connectivity index (χ2v) is 14.2. The van der Waals surface area contributed by atoms with Crippen LogP contribution in [-0.2, 0) is 29.5 Å². The molecule has 45 heavy (non-hydrogen) atoms. The van der Waals surface area contributed by atoms with Crippen LogP contribution in [-0.4, -0.2) is 54.8 Å². The molecule has 0 amide bonds. The molecular formula is C29H29N4O9S3+. The molecule has 0 unspecified atom stereocenters. The molecule has 13 nitrogen and oxygen atoms in total. The highest BCUT2D eigenvalue weighted by molar-refractivity contribution is 7.95. The molecule has 5 rings (SSSR count). The lowest BCUT2D eigenvalue weighted by Crippen LogP contribution is -2.21. The van der Waals surface area contributed by atoms with Crippen LogP contribution < -0.4 is 25.3 Å². The van der Waals surface area contributed by atoms with Gasteiger partial charge in [-0.15, -0.1) is 4.33 Å². The molecule has 1 heterocycles. The van der Waals surface area contributed by atoms with Crippen LogP contribution in [0.1, 0.15) is 0 Å². The third-order valence-corrected chi connectivity index (χ3v) is 9.90. The summed E-state index contributed by atoms with van der Waals surface area (Å²) in [7, 11) is -1.20. The number of nitrogens with zero attached hydrogens (tertiary/aromatic N) is 2. The largest absolute Gasteiger partial charge is 0.456 e. The smallest absolute Gasteiger partial charge is 0.296 e. The van der Waals surface area contributed by atoms with Gasteiger partial charge >= 0.3 is 0 Å². The van der Waals surface area contributed by atoms with E-state index in [1.807, 2.05) is 74.1 Å². The summed E-state index contributed by atoms with van der Waals surface area (Å²) in [5, 5.41) is 14.5. The van der Waals surface area contributed by atoms with Crippen molar-refractivity contribution in [3.8, 4) is 22.5 Å². The van der Waals surface area contributed by atoms with Gasteiger partial charge in [0.15, 0.2) is 0 Å². The number of benzene rings is 4.